The fourth-order valence-electron chi connectivity index (χ4n) is 1.11. The molecule has 0 aromatic carbocycles. The summed E-state index contributed by atoms with van der Waals surface area (Å²) in [4.78, 5) is 11.2. The fraction of sp³-hybridized carbons (Fsp3) is 0.556. The number of rotatable bonds is 3. The third-order valence-corrected chi connectivity index (χ3v) is 3.39. The highest BCUT2D eigenvalue weighted by Gasteiger charge is 2.22. The topological polar surface area (TPSA) is 43.1 Å². The lowest BCUT2D eigenvalue weighted by Crippen LogP contribution is -2.02. The summed E-state index contributed by atoms with van der Waals surface area (Å²) in [7, 11) is 0. The Morgan fingerprint density at radius 1 is 1.46 bits per heavy atom. The minimum atomic E-state index is -0.301. The van der Waals surface area contributed by atoms with E-state index in [1.807, 2.05) is 6.92 Å². The molecule has 0 aliphatic heterocycles. The van der Waals surface area contributed by atoms with Crippen LogP contribution in [0.5, 0.6) is 0 Å². The third kappa shape index (κ3) is 2.06. The molecule has 0 aliphatic rings. The van der Waals surface area contributed by atoms with Gasteiger partial charge in [-0.05, 0) is 17.2 Å². The summed E-state index contributed by atoms with van der Waals surface area (Å²) in [5.74, 6) is 0.706. The fourth-order valence-corrected chi connectivity index (χ4v) is 2.20. The average Bonchev–Trinajstić information content (AvgIpc) is 2.50. The number of hydrogen-bond donors (Lipinski definition) is 0. The number of nitrogens with zero attached hydrogens (tertiary/aromatic N) is 1. The Morgan fingerprint density at radius 2 is 2.08 bits per heavy atom. The van der Waals surface area contributed by atoms with E-state index in [1.165, 1.54) is 11.3 Å². The Balaban J connectivity index is 3.00. The largest absolute Gasteiger partial charge is 0.283 e. The van der Waals surface area contributed by atoms with E-state index in [1.54, 1.807) is 11.4 Å². The quantitative estimate of drug-likeness (QED) is 0.553. The lowest BCUT2D eigenvalue weighted by molar-refractivity contribution is -0.385. The molecule has 0 saturated heterocycles. The van der Waals surface area contributed by atoms with Crippen LogP contribution >= 0.6 is 11.3 Å². The van der Waals surface area contributed by atoms with E-state index >= 15 is 0 Å². The van der Waals surface area contributed by atoms with Gasteiger partial charge in [0.1, 0.15) is 0 Å². The molecular formula is C9H13NO2S. The summed E-state index contributed by atoms with van der Waals surface area (Å²) >= 11 is 1.47. The maximum atomic E-state index is 10.6. The summed E-state index contributed by atoms with van der Waals surface area (Å²) in [6.07, 6.45) is 0. The zero-order valence-corrected chi connectivity index (χ0v) is 8.80. The number of nitro groups is 1. The molecule has 13 heavy (non-hydrogen) atoms. The SMILES string of the molecule is CC(C)C(C)c1sccc1[N+](=O)[O-]. The van der Waals surface area contributed by atoms with Crippen LogP contribution in [-0.4, -0.2) is 4.92 Å². The molecule has 1 unspecified atom stereocenters. The second-order valence-electron chi connectivity index (χ2n) is 3.46. The summed E-state index contributed by atoms with van der Waals surface area (Å²) in [6.45, 7) is 6.19. The van der Waals surface area contributed by atoms with Gasteiger partial charge in [0.05, 0.1) is 9.80 Å². The van der Waals surface area contributed by atoms with E-state index in [4.69, 9.17) is 0 Å². The lowest BCUT2D eigenvalue weighted by Gasteiger charge is -2.12. The Hall–Kier alpha value is -0.900. The zero-order valence-electron chi connectivity index (χ0n) is 7.98. The predicted molar refractivity (Wildman–Crippen MR) is 54.2 cm³/mol. The van der Waals surface area contributed by atoms with Crippen molar-refractivity contribution in [2.75, 3.05) is 0 Å². The van der Waals surface area contributed by atoms with Crippen molar-refractivity contribution in [1.29, 1.82) is 0 Å². The van der Waals surface area contributed by atoms with Crippen molar-refractivity contribution in [3.63, 3.8) is 0 Å². The van der Waals surface area contributed by atoms with Crippen LogP contribution < -0.4 is 0 Å². The first-order chi connectivity index (χ1) is 6.04. The van der Waals surface area contributed by atoms with Crippen molar-refractivity contribution in [1.82, 2.24) is 0 Å². The maximum absolute atomic E-state index is 10.6. The van der Waals surface area contributed by atoms with Gasteiger partial charge in [-0.1, -0.05) is 20.8 Å². The normalized spacial score (nSPS) is 13.2. The van der Waals surface area contributed by atoms with Gasteiger partial charge in [-0.3, -0.25) is 10.1 Å². The molecule has 1 aromatic heterocycles. The van der Waals surface area contributed by atoms with Crippen LogP contribution in [0.1, 0.15) is 31.6 Å². The summed E-state index contributed by atoms with van der Waals surface area (Å²) < 4.78 is 0. The Labute approximate surface area is 81.5 Å². The van der Waals surface area contributed by atoms with Crippen LogP contribution in [0, 0.1) is 16.0 Å². The van der Waals surface area contributed by atoms with Crippen LogP contribution in [0.2, 0.25) is 0 Å². The summed E-state index contributed by atoms with van der Waals surface area (Å²) in [6, 6.07) is 1.58. The van der Waals surface area contributed by atoms with E-state index in [2.05, 4.69) is 13.8 Å². The minimum Gasteiger partial charge on any atom is -0.258 e. The maximum Gasteiger partial charge on any atom is 0.283 e. The van der Waals surface area contributed by atoms with Gasteiger partial charge in [-0.2, -0.15) is 0 Å². The summed E-state index contributed by atoms with van der Waals surface area (Å²) in [5, 5.41) is 12.4. The Kier molecular flexibility index (Phi) is 3.03. The van der Waals surface area contributed by atoms with Crippen molar-refractivity contribution >= 4 is 17.0 Å². The smallest absolute Gasteiger partial charge is 0.258 e. The van der Waals surface area contributed by atoms with Crippen LogP contribution in [0.25, 0.3) is 0 Å². The molecule has 0 N–H and O–H groups in total. The van der Waals surface area contributed by atoms with Crippen molar-refractivity contribution in [2.45, 2.75) is 26.7 Å². The standard InChI is InChI=1S/C9H13NO2S/c1-6(2)7(3)9-8(10(11)12)4-5-13-9/h4-7H,1-3H3. The average molecular weight is 199 g/mol. The molecule has 4 heteroatoms. The van der Waals surface area contributed by atoms with Crippen LogP contribution in [-0.2, 0) is 0 Å². The van der Waals surface area contributed by atoms with Crippen LogP contribution in [0.4, 0.5) is 5.69 Å². The highest BCUT2D eigenvalue weighted by atomic mass is 32.1. The Bertz CT molecular complexity index is 306. The van der Waals surface area contributed by atoms with E-state index in [-0.39, 0.29) is 16.5 Å². The highest BCUT2D eigenvalue weighted by Crippen LogP contribution is 2.35. The van der Waals surface area contributed by atoms with Crippen molar-refractivity contribution in [2.24, 2.45) is 5.92 Å². The second-order valence-corrected chi connectivity index (χ2v) is 4.41. The number of hydrogen-bond acceptors (Lipinski definition) is 3. The van der Waals surface area contributed by atoms with E-state index in [0.29, 0.717) is 5.92 Å². The van der Waals surface area contributed by atoms with Crippen molar-refractivity contribution in [3.8, 4) is 0 Å². The molecule has 1 aromatic rings. The monoisotopic (exact) mass is 199 g/mol. The molecule has 3 nitrogen and oxygen atoms in total. The highest BCUT2D eigenvalue weighted by molar-refractivity contribution is 7.10. The lowest BCUT2D eigenvalue weighted by atomic mass is 9.96. The first-order valence-corrected chi connectivity index (χ1v) is 5.13. The van der Waals surface area contributed by atoms with Gasteiger partial charge < -0.3 is 0 Å². The predicted octanol–water partition coefficient (Wildman–Crippen LogP) is 3.42. The molecule has 0 fully saturated rings. The third-order valence-electron chi connectivity index (χ3n) is 2.28. The molecule has 1 heterocycles. The number of thiophene rings is 1. The van der Waals surface area contributed by atoms with Gasteiger partial charge in [0.15, 0.2) is 0 Å². The molecule has 0 radical (unpaired) electrons. The molecule has 72 valence electrons. The molecule has 0 aliphatic carbocycles. The molecule has 0 spiro atoms. The molecule has 0 amide bonds. The van der Waals surface area contributed by atoms with E-state index in [9.17, 15) is 10.1 Å². The first kappa shape index (κ1) is 10.2. The van der Waals surface area contributed by atoms with E-state index in [0.717, 1.165) is 4.88 Å². The Morgan fingerprint density at radius 3 is 2.54 bits per heavy atom. The van der Waals surface area contributed by atoms with Crippen LogP contribution in [0.3, 0.4) is 0 Å². The van der Waals surface area contributed by atoms with Gasteiger partial charge in [0, 0.05) is 6.07 Å². The molecule has 1 rings (SSSR count). The molecule has 0 bridgehead atoms. The minimum absolute atomic E-state index is 0.264. The molecular weight excluding hydrogens is 186 g/mol. The summed E-state index contributed by atoms with van der Waals surface area (Å²) in [5.41, 5.74) is 0.270. The van der Waals surface area contributed by atoms with Gasteiger partial charge in [0.25, 0.3) is 5.69 Å². The molecule has 0 saturated carbocycles. The van der Waals surface area contributed by atoms with Crippen LogP contribution in [0.15, 0.2) is 11.4 Å². The first-order valence-electron chi connectivity index (χ1n) is 4.25. The van der Waals surface area contributed by atoms with Gasteiger partial charge in [-0.25, -0.2) is 0 Å². The van der Waals surface area contributed by atoms with Gasteiger partial charge >= 0.3 is 0 Å². The molecule has 1 atom stereocenters. The van der Waals surface area contributed by atoms with Crippen molar-refractivity contribution < 1.29 is 4.92 Å². The second kappa shape index (κ2) is 3.87. The van der Waals surface area contributed by atoms with Gasteiger partial charge in [-0.15, -0.1) is 11.3 Å². The van der Waals surface area contributed by atoms with Crippen molar-refractivity contribution in [3.05, 3.63) is 26.4 Å². The van der Waals surface area contributed by atoms with E-state index < -0.39 is 0 Å². The zero-order chi connectivity index (χ0) is 10.0. The van der Waals surface area contributed by atoms with Gasteiger partial charge in [0.2, 0.25) is 0 Å².